The second kappa shape index (κ2) is 9.45. The lowest BCUT2D eigenvalue weighted by Crippen LogP contribution is -2.14. The molecule has 0 saturated heterocycles. The Morgan fingerprint density at radius 1 is 1.31 bits per heavy atom. The summed E-state index contributed by atoms with van der Waals surface area (Å²) in [7, 11) is 1.48. The highest BCUT2D eigenvalue weighted by Crippen LogP contribution is 2.33. The van der Waals surface area contributed by atoms with E-state index in [1.807, 2.05) is 32.0 Å². The van der Waals surface area contributed by atoms with Gasteiger partial charge in [0.15, 0.2) is 0 Å². The molecule has 0 aliphatic heterocycles. The van der Waals surface area contributed by atoms with Crippen molar-refractivity contribution in [2.24, 2.45) is 0 Å². The molecule has 1 N–H and O–H groups in total. The summed E-state index contributed by atoms with van der Waals surface area (Å²) < 4.78 is 38.6. The van der Waals surface area contributed by atoms with Crippen molar-refractivity contribution in [2.75, 3.05) is 12.4 Å². The Morgan fingerprint density at radius 2 is 2.04 bits per heavy atom. The molecule has 0 atom stereocenters. The lowest BCUT2D eigenvalue weighted by Gasteiger charge is -2.17. The fourth-order valence-electron chi connectivity index (χ4n) is 2.56. The van der Waals surface area contributed by atoms with E-state index in [0.717, 1.165) is 25.9 Å². The molecule has 0 unspecified atom stereocenters. The maximum absolute atomic E-state index is 13.5. The highest BCUT2D eigenvalue weighted by atomic mass is 127. The summed E-state index contributed by atoms with van der Waals surface area (Å²) in [6.45, 7) is 3.98. The van der Waals surface area contributed by atoms with E-state index in [-0.39, 0.29) is 23.1 Å². The summed E-state index contributed by atoms with van der Waals surface area (Å²) >= 11 is 7.22. The SMILES string of the molecule is CCc1cc(C(F)F)c(OCc2c(I)cccc2NC(=S)OC)cc1C. The molecule has 2 aromatic rings. The van der Waals surface area contributed by atoms with Crippen LogP contribution in [0, 0.1) is 10.5 Å². The third-order valence-electron chi connectivity index (χ3n) is 4.00. The summed E-state index contributed by atoms with van der Waals surface area (Å²) in [6, 6.07) is 8.84. The molecule has 7 heteroatoms. The average molecular weight is 491 g/mol. The smallest absolute Gasteiger partial charge is 0.267 e. The predicted octanol–water partition coefficient (Wildman–Crippen LogP) is 6.02. The van der Waals surface area contributed by atoms with Gasteiger partial charge in [0.05, 0.1) is 12.7 Å². The number of nitrogens with one attached hydrogen (secondary N) is 1. The summed E-state index contributed by atoms with van der Waals surface area (Å²) in [6.07, 6.45) is -1.89. The highest BCUT2D eigenvalue weighted by molar-refractivity contribution is 14.1. The lowest BCUT2D eigenvalue weighted by atomic mass is 10.0. The second-order valence-corrected chi connectivity index (χ2v) is 7.17. The number of rotatable bonds is 6. The molecule has 0 saturated carbocycles. The van der Waals surface area contributed by atoms with Gasteiger partial charge < -0.3 is 14.8 Å². The topological polar surface area (TPSA) is 30.5 Å². The molecule has 2 aromatic carbocycles. The molecule has 3 nitrogen and oxygen atoms in total. The molecule has 26 heavy (non-hydrogen) atoms. The van der Waals surface area contributed by atoms with E-state index < -0.39 is 6.43 Å². The van der Waals surface area contributed by atoms with E-state index in [0.29, 0.717) is 6.42 Å². The molecule has 140 valence electrons. The molecule has 0 aliphatic rings. The van der Waals surface area contributed by atoms with E-state index in [9.17, 15) is 8.78 Å². The summed E-state index contributed by atoms with van der Waals surface area (Å²) in [5.74, 6) is 0.203. The number of anilines is 1. The highest BCUT2D eigenvalue weighted by Gasteiger charge is 2.18. The Kier molecular flexibility index (Phi) is 7.57. The van der Waals surface area contributed by atoms with E-state index in [2.05, 4.69) is 27.9 Å². The third-order valence-corrected chi connectivity index (χ3v) is 5.28. The van der Waals surface area contributed by atoms with Crippen molar-refractivity contribution < 1.29 is 18.3 Å². The van der Waals surface area contributed by atoms with Crippen molar-refractivity contribution in [2.45, 2.75) is 33.3 Å². The summed E-state index contributed by atoms with van der Waals surface area (Å²) in [5.41, 5.74) is 3.30. The van der Waals surface area contributed by atoms with E-state index in [1.54, 1.807) is 6.07 Å². The van der Waals surface area contributed by atoms with Crippen molar-refractivity contribution in [1.82, 2.24) is 0 Å². The monoisotopic (exact) mass is 491 g/mol. The van der Waals surface area contributed by atoms with Crippen LogP contribution in [0.1, 0.15) is 35.6 Å². The van der Waals surface area contributed by atoms with E-state index >= 15 is 0 Å². The molecule has 0 bridgehead atoms. The van der Waals surface area contributed by atoms with Crippen LogP contribution in [0.2, 0.25) is 0 Å². The Balaban J connectivity index is 2.32. The van der Waals surface area contributed by atoms with E-state index in [4.69, 9.17) is 21.7 Å². The number of benzene rings is 2. The van der Waals surface area contributed by atoms with Crippen molar-refractivity contribution in [3.05, 3.63) is 56.2 Å². The number of alkyl halides is 2. The number of thiocarbonyl (C=S) groups is 1. The predicted molar refractivity (Wildman–Crippen MR) is 112 cm³/mol. The molecular weight excluding hydrogens is 471 g/mol. The zero-order valence-corrected chi connectivity index (χ0v) is 17.7. The Bertz CT molecular complexity index is 799. The minimum Gasteiger partial charge on any atom is -0.488 e. The number of halogens is 3. The van der Waals surface area contributed by atoms with Crippen LogP contribution < -0.4 is 10.1 Å². The molecular formula is C19H20F2INO2S. The first kappa shape index (κ1) is 20.8. The van der Waals surface area contributed by atoms with Crippen LogP contribution in [0.4, 0.5) is 14.5 Å². The van der Waals surface area contributed by atoms with Gasteiger partial charge in [-0.05, 0) is 83.5 Å². The molecule has 0 aromatic heterocycles. The Morgan fingerprint density at radius 3 is 2.65 bits per heavy atom. The minimum atomic E-state index is -2.59. The zero-order valence-electron chi connectivity index (χ0n) is 14.7. The standard InChI is InChI=1S/C19H20F2INO2S/c1-4-12-9-13(18(20)21)17(8-11(12)2)25-10-14-15(22)6-5-7-16(14)23-19(26)24-3/h5-9,18H,4,10H2,1-3H3,(H,23,26). The fraction of sp³-hybridized carbons (Fsp3) is 0.316. The van der Waals surface area contributed by atoms with Crippen LogP contribution in [-0.2, 0) is 17.8 Å². The largest absolute Gasteiger partial charge is 0.488 e. The molecule has 0 heterocycles. The van der Waals surface area contributed by atoms with Gasteiger partial charge in [0.1, 0.15) is 12.4 Å². The molecule has 0 fully saturated rings. The molecule has 0 amide bonds. The van der Waals surface area contributed by atoms with Crippen molar-refractivity contribution >= 4 is 45.7 Å². The van der Waals surface area contributed by atoms with Gasteiger partial charge in [-0.25, -0.2) is 8.78 Å². The normalized spacial score (nSPS) is 10.7. The number of hydrogen-bond donors (Lipinski definition) is 1. The molecule has 0 aliphatic carbocycles. The zero-order chi connectivity index (χ0) is 19.3. The van der Waals surface area contributed by atoms with Crippen LogP contribution in [0.25, 0.3) is 0 Å². The maximum Gasteiger partial charge on any atom is 0.267 e. The van der Waals surface area contributed by atoms with Gasteiger partial charge in [0.2, 0.25) is 0 Å². The van der Waals surface area contributed by atoms with Crippen molar-refractivity contribution in [3.8, 4) is 5.75 Å². The van der Waals surface area contributed by atoms with Crippen LogP contribution in [0.5, 0.6) is 5.75 Å². The first-order chi connectivity index (χ1) is 12.4. The fourth-order valence-corrected chi connectivity index (χ4v) is 3.32. The van der Waals surface area contributed by atoms with Crippen LogP contribution >= 0.6 is 34.8 Å². The van der Waals surface area contributed by atoms with Crippen LogP contribution in [-0.4, -0.2) is 12.3 Å². The molecule has 0 radical (unpaired) electrons. The van der Waals surface area contributed by atoms with Gasteiger partial charge in [-0.15, -0.1) is 0 Å². The quantitative estimate of drug-likeness (QED) is 0.396. The van der Waals surface area contributed by atoms with Gasteiger partial charge in [-0.1, -0.05) is 13.0 Å². The first-order valence-corrected chi connectivity index (χ1v) is 9.52. The van der Waals surface area contributed by atoms with Gasteiger partial charge in [0, 0.05) is 14.8 Å². The maximum atomic E-state index is 13.5. The van der Waals surface area contributed by atoms with Gasteiger partial charge in [-0.2, -0.15) is 0 Å². The summed E-state index contributed by atoms with van der Waals surface area (Å²) in [4.78, 5) is 0. The Labute approximate surface area is 171 Å². The van der Waals surface area contributed by atoms with Gasteiger partial charge >= 0.3 is 0 Å². The van der Waals surface area contributed by atoms with Crippen molar-refractivity contribution in [3.63, 3.8) is 0 Å². The number of ether oxygens (including phenoxy) is 2. The molecule has 2 rings (SSSR count). The van der Waals surface area contributed by atoms with Crippen LogP contribution in [0.15, 0.2) is 30.3 Å². The Hall–Kier alpha value is -1.48. The first-order valence-electron chi connectivity index (χ1n) is 8.04. The number of methoxy groups -OCH3 is 1. The van der Waals surface area contributed by atoms with Gasteiger partial charge in [-0.3, -0.25) is 0 Å². The van der Waals surface area contributed by atoms with Crippen molar-refractivity contribution in [1.29, 1.82) is 0 Å². The molecule has 0 spiro atoms. The summed E-state index contributed by atoms with van der Waals surface area (Å²) in [5, 5.41) is 3.21. The third kappa shape index (κ3) is 5.03. The van der Waals surface area contributed by atoms with Crippen LogP contribution in [0.3, 0.4) is 0 Å². The van der Waals surface area contributed by atoms with Gasteiger partial charge in [0.25, 0.3) is 11.6 Å². The lowest BCUT2D eigenvalue weighted by molar-refractivity contribution is 0.144. The average Bonchev–Trinajstić information content (AvgIpc) is 2.60. The minimum absolute atomic E-state index is 0.0830. The second-order valence-electron chi connectivity index (χ2n) is 5.64. The van der Waals surface area contributed by atoms with E-state index in [1.165, 1.54) is 13.2 Å². The number of hydrogen-bond acceptors (Lipinski definition) is 3. The number of aryl methyl sites for hydroxylation is 2.